The lowest BCUT2D eigenvalue weighted by Gasteiger charge is -2.00. The third-order valence-corrected chi connectivity index (χ3v) is 1.78. The summed E-state index contributed by atoms with van der Waals surface area (Å²) in [6, 6.07) is 6.95. The highest BCUT2D eigenvalue weighted by Crippen LogP contribution is 2.11. The van der Waals surface area contributed by atoms with Gasteiger partial charge in [0.2, 0.25) is 0 Å². The Bertz CT molecular complexity index is 372. The molecule has 0 bridgehead atoms. The average molecular weight is 198 g/mol. The number of ketones is 1. The van der Waals surface area contributed by atoms with Gasteiger partial charge in [-0.3, -0.25) is 4.79 Å². The van der Waals surface area contributed by atoms with Gasteiger partial charge in [-0.1, -0.05) is 23.7 Å². The maximum Gasteiger partial charge on any atom is 0.197 e. The number of carbonyl (C=O) groups excluding carboxylic acids is 1. The lowest BCUT2D eigenvalue weighted by atomic mass is 10.1. The fourth-order valence-electron chi connectivity index (χ4n) is 0.856. The smallest absolute Gasteiger partial charge is 0.197 e. The first-order chi connectivity index (χ1) is 6.16. The number of hydrogen-bond donors (Lipinski definition) is 0. The first kappa shape index (κ1) is 9.69. The number of nitriles is 1. The monoisotopic (exact) mass is 197 g/mol. The zero-order valence-corrected chi connectivity index (χ0v) is 7.25. The standard InChI is InChI=1S/C9H5ClFNO/c10-7(5-12)9(13)6-3-1-2-4-8(6)11/h1-4,7H. The Morgan fingerprint density at radius 2 is 2.15 bits per heavy atom. The summed E-state index contributed by atoms with van der Waals surface area (Å²) in [5, 5.41) is 7.01. The summed E-state index contributed by atoms with van der Waals surface area (Å²) in [5.41, 5.74) is -0.149. The minimum atomic E-state index is -1.32. The summed E-state index contributed by atoms with van der Waals surface area (Å²) in [7, 11) is 0. The molecule has 0 aliphatic rings. The molecule has 0 aliphatic carbocycles. The molecule has 0 saturated heterocycles. The minimum Gasteiger partial charge on any atom is -0.291 e. The van der Waals surface area contributed by atoms with Gasteiger partial charge in [-0.15, -0.1) is 0 Å². The zero-order valence-electron chi connectivity index (χ0n) is 6.50. The molecule has 4 heteroatoms. The van der Waals surface area contributed by atoms with E-state index in [1.807, 2.05) is 0 Å². The van der Waals surface area contributed by atoms with E-state index >= 15 is 0 Å². The molecule has 13 heavy (non-hydrogen) atoms. The molecule has 1 aromatic carbocycles. The van der Waals surface area contributed by atoms with Gasteiger partial charge in [0, 0.05) is 0 Å². The molecule has 1 unspecified atom stereocenters. The van der Waals surface area contributed by atoms with Crippen LogP contribution in [0.4, 0.5) is 4.39 Å². The van der Waals surface area contributed by atoms with E-state index in [-0.39, 0.29) is 5.56 Å². The number of alkyl halides is 1. The predicted molar refractivity (Wildman–Crippen MR) is 46.0 cm³/mol. The van der Waals surface area contributed by atoms with E-state index < -0.39 is 17.0 Å². The quantitative estimate of drug-likeness (QED) is 0.538. The number of hydrogen-bond acceptors (Lipinski definition) is 2. The molecule has 1 rings (SSSR count). The third kappa shape index (κ3) is 2.04. The van der Waals surface area contributed by atoms with Crippen LogP contribution in [0.2, 0.25) is 0 Å². The number of benzene rings is 1. The van der Waals surface area contributed by atoms with Crippen molar-refractivity contribution in [2.75, 3.05) is 0 Å². The summed E-state index contributed by atoms with van der Waals surface area (Å²) < 4.78 is 12.9. The maximum absolute atomic E-state index is 12.9. The van der Waals surface area contributed by atoms with Crippen molar-refractivity contribution in [1.29, 1.82) is 5.26 Å². The molecule has 1 aromatic rings. The molecule has 0 N–H and O–H groups in total. The van der Waals surface area contributed by atoms with Crippen molar-refractivity contribution < 1.29 is 9.18 Å². The Labute approximate surface area is 79.5 Å². The lowest BCUT2D eigenvalue weighted by molar-refractivity contribution is 0.0997. The molecule has 0 aromatic heterocycles. The Hall–Kier alpha value is -1.40. The lowest BCUT2D eigenvalue weighted by Crippen LogP contribution is -2.13. The molecular weight excluding hydrogens is 193 g/mol. The van der Waals surface area contributed by atoms with E-state index in [0.717, 1.165) is 6.07 Å². The van der Waals surface area contributed by atoms with E-state index in [4.69, 9.17) is 16.9 Å². The summed E-state index contributed by atoms with van der Waals surface area (Å²) in [6.45, 7) is 0. The molecule has 66 valence electrons. The first-order valence-corrected chi connectivity index (χ1v) is 3.93. The van der Waals surface area contributed by atoms with Crippen molar-refractivity contribution >= 4 is 17.4 Å². The highest BCUT2D eigenvalue weighted by molar-refractivity contribution is 6.35. The van der Waals surface area contributed by atoms with Crippen LogP contribution in [0, 0.1) is 17.1 Å². The van der Waals surface area contributed by atoms with Crippen molar-refractivity contribution in [1.82, 2.24) is 0 Å². The second-order valence-corrected chi connectivity index (χ2v) is 2.77. The van der Waals surface area contributed by atoms with Crippen LogP contribution in [0.1, 0.15) is 10.4 Å². The van der Waals surface area contributed by atoms with E-state index in [1.54, 1.807) is 0 Å². The largest absolute Gasteiger partial charge is 0.291 e. The molecule has 0 fully saturated rings. The van der Waals surface area contributed by atoms with E-state index in [9.17, 15) is 9.18 Å². The second-order valence-electron chi connectivity index (χ2n) is 2.34. The van der Waals surface area contributed by atoms with Crippen molar-refractivity contribution in [3.63, 3.8) is 0 Å². The van der Waals surface area contributed by atoms with Crippen LogP contribution in [0.15, 0.2) is 24.3 Å². The molecule has 0 radical (unpaired) electrons. The number of carbonyl (C=O) groups is 1. The molecule has 1 atom stereocenters. The summed E-state index contributed by atoms with van der Waals surface area (Å²) in [4.78, 5) is 11.2. The van der Waals surface area contributed by atoms with Crippen LogP contribution in [-0.2, 0) is 0 Å². The van der Waals surface area contributed by atoms with Gasteiger partial charge in [0.05, 0.1) is 11.6 Å². The van der Waals surface area contributed by atoms with Crippen molar-refractivity contribution in [2.24, 2.45) is 0 Å². The molecule has 0 heterocycles. The van der Waals surface area contributed by atoms with Crippen LogP contribution >= 0.6 is 11.6 Å². The third-order valence-electron chi connectivity index (χ3n) is 1.48. The van der Waals surface area contributed by atoms with Crippen LogP contribution in [-0.4, -0.2) is 11.2 Å². The van der Waals surface area contributed by atoms with Gasteiger partial charge in [-0.2, -0.15) is 5.26 Å². The molecular formula is C9H5ClFNO. The van der Waals surface area contributed by atoms with Gasteiger partial charge in [0.15, 0.2) is 11.2 Å². The zero-order chi connectivity index (χ0) is 9.84. The number of rotatable bonds is 2. The summed E-state index contributed by atoms with van der Waals surface area (Å²) in [6.07, 6.45) is 0. The molecule has 0 spiro atoms. The Morgan fingerprint density at radius 3 is 2.69 bits per heavy atom. The van der Waals surface area contributed by atoms with Crippen LogP contribution in [0.25, 0.3) is 0 Å². The first-order valence-electron chi connectivity index (χ1n) is 3.49. The van der Waals surface area contributed by atoms with Gasteiger partial charge in [0.25, 0.3) is 0 Å². The molecule has 0 amide bonds. The molecule has 2 nitrogen and oxygen atoms in total. The normalized spacial score (nSPS) is 11.8. The highest BCUT2D eigenvalue weighted by atomic mass is 35.5. The number of nitrogens with zero attached hydrogens (tertiary/aromatic N) is 1. The Kier molecular flexibility index (Phi) is 2.99. The van der Waals surface area contributed by atoms with Crippen molar-refractivity contribution in [3.05, 3.63) is 35.6 Å². The van der Waals surface area contributed by atoms with Crippen molar-refractivity contribution in [3.8, 4) is 6.07 Å². The van der Waals surface area contributed by atoms with Gasteiger partial charge < -0.3 is 0 Å². The summed E-state index contributed by atoms with van der Waals surface area (Å²) >= 11 is 5.34. The van der Waals surface area contributed by atoms with Crippen LogP contribution in [0.3, 0.4) is 0 Å². The topological polar surface area (TPSA) is 40.9 Å². The van der Waals surface area contributed by atoms with Crippen LogP contribution < -0.4 is 0 Å². The van der Waals surface area contributed by atoms with Gasteiger partial charge in [-0.25, -0.2) is 4.39 Å². The fraction of sp³-hybridized carbons (Fsp3) is 0.111. The van der Waals surface area contributed by atoms with E-state index in [1.165, 1.54) is 24.3 Å². The van der Waals surface area contributed by atoms with Gasteiger partial charge >= 0.3 is 0 Å². The minimum absolute atomic E-state index is 0.149. The van der Waals surface area contributed by atoms with Crippen molar-refractivity contribution in [2.45, 2.75) is 5.38 Å². The average Bonchev–Trinajstić information content (AvgIpc) is 2.16. The van der Waals surface area contributed by atoms with E-state index in [0.29, 0.717) is 0 Å². The molecule has 0 aliphatic heterocycles. The van der Waals surface area contributed by atoms with Gasteiger partial charge in [0.1, 0.15) is 5.82 Å². The van der Waals surface area contributed by atoms with Gasteiger partial charge in [-0.05, 0) is 12.1 Å². The Balaban J connectivity index is 3.04. The predicted octanol–water partition coefficient (Wildman–Crippen LogP) is 2.14. The fourth-order valence-corrected chi connectivity index (χ4v) is 0.974. The SMILES string of the molecule is N#CC(Cl)C(=O)c1ccccc1F. The number of halogens is 2. The van der Waals surface area contributed by atoms with Crippen LogP contribution in [0.5, 0.6) is 0 Å². The molecule has 0 saturated carbocycles. The summed E-state index contributed by atoms with van der Waals surface area (Å²) in [5.74, 6) is -1.37. The second kappa shape index (κ2) is 4.01. The van der Waals surface area contributed by atoms with E-state index in [2.05, 4.69) is 0 Å². The number of Topliss-reactive ketones (excluding diaryl/α,β-unsaturated/α-hetero) is 1. The maximum atomic E-state index is 12.9. The Morgan fingerprint density at radius 1 is 1.54 bits per heavy atom. The highest BCUT2D eigenvalue weighted by Gasteiger charge is 2.19.